The average Bonchev–Trinajstić information content (AvgIpc) is 3.46. The first-order valence-electron chi connectivity index (χ1n) is 9.86. The quantitative estimate of drug-likeness (QED) is 0.522. The van der Waals surface area contributed by atoms with Crippen molar-refractivity contribution in [2.75, 3.05) is 20.2 Å². The van der Waals surface area contributed by atoms with E-state index in [9.17, 15) is 9.59 Å². The van der Waals surface area contributed by atoms with E-state index < -0.39 is 11.7 Å². The first-order chi connectivity index (χ1) is 15.2. The zero-order chi connectivity index (χ0) is 21.7. The van der Waals surface area contributed by atoms with Crippen molar-refractivity contribution in [3.05, 3.63) is 60.2 Å². The number of nitrogens with one attached hydrogen (secondary N) is 2. The van der Waals surface area contributed by atoms with Crippen molar-refractivity contribution in [3.8, 4) is 11.1 Å². The highest BCUT2D eigenvalue weighted by Gasteiger charge is 2.50. The number of hydroxylamine groups is 1. The molecule has 31 heavy (non-hydrogen) atoms. The molecule has 0 aromatic heterocycles. The van der Waals surface area contributed by atoms with Crippen molar-refractivity contribution in [2.45, 2.75) is 18.1 Å². The number of hydrogen-bond acceptors (Lipinski definition) is 7. The van der Waals surface area contributed by atoms with Crippen LogP contribution >= 0.6 is 0 Å². The molecule has 0 aliphatic carbocycles. The van der Waals surface area contributed by atoms with Gasteiger partial charge in [0.25, 0.3) is 5.91 Å². The Kier molecular flexibility index (Phi) is 5.94. The summed E-state index contributed by atoms with van der Waals surface area (Å²) in [5, 5.41) is 6.68. The van der Waals surface area contributed by atoms with E-state index >= 15 is 0 Å². The Morgan fingerprint density at radius 3 is 2.68 bits per heavy atom. The molecule has 2 aromatic rings. The molecule has 4 rings (SSSR count). The van der Waals surface area contributed by atoms with Gasteiger partial charge in [-0.15, -0.1) is 5.48 Å². The van der Waals surface area contributed by atoms with Crippen LogP contribution in [0.5, 0.6) is 0 Å². The highest BCUT2D eigenvalue weighted by Crippen LogP contribution is 2.31. The second-order valence-corrected chi connectivity index (χ2v) is 7.31. The molecule has 2 aliphatic heterocycles. The summed E-state index contributed by atoms with van der Waals surface area (Å²) in [5.41, 5.74) is 5.18. The highest BCUT2D eigenvalue weighted by atomic mass is 16.7. The maximum absolute atomic E-state index is 13.4. The molecule has 2 aromatic carbocycles. The molecule has 2 amide bonds. The molecule has 1 saturated heterocycles. The smallest absolute Gasteiger partial charge is 0.254 e. The largest absolute Gasteiger partial charge is 0.399 e. The van der Waals surface area contributed by atoms with E-state index in [2.05, 4.69) is 20.9 Å². The molecule has 9 heteroatoms. The summed E-state index contributed by atoms with van der Waals surface area (Å²) >= 11 is 0. The second kappa shape index (κ2) is 8.97. The lowest BCUT2D eigenvalue weighted by molar-refractivity contribution is -0.110. The number of rotatable bonds is 7. The van der Waals surface area contributed by atoms with Gasteiger partial charge in [0.1, 0.15) is 7.11 Å². The van der Waals surface area contributed by atoms with Gasteiger partial charge in [-0.2, -0.15) is 0 Å². The van der Waals surface area contributed by atoms with Gasteiger partial charge in [0.15, 0.2) is 12.1 Å². The van der Waals surface area contributed by atoms with E-state index in [1.54, 1.807) is 4.90 Å². The van der Waals surface area contributed by atoms with E-state index in [1.807, 2.05) is 54.6 Å². The van der Waals surface area contributed by atoms with Gasteiger partial charge in [-0.05, 0) is 23.3 Å². The van der Waals surface area contributed by atoms with Gasteiger partial charge in [0.2, 0.25) is 6.41 Å². The van der Waals surface area contributed by atoms with Crippen molar-refractivity contribution in [1.82, 2.24) is 15.7 Å². The Labute approximate surface area is 179 Å². The first-order valence-corrected chi connectivity index (χ1v) is 9.86. The number of benzene rings is 2. The lowest BCUT2D eigenvalue weighted by Gasteiger charge is -2.36. The monoisotopic (exact) mass is 421 g/mol. The second-order valence-electron chi connectivity index (χ2n) is 7.31. The predicted molar refractivity (Wildman–Crippen MR) is 115 cm³/mol. The molecule has 0 spiro atoms. The summed E-state index contributed by atoms with van der Waals surface area (Å²) in [4.78, 5) is 40.5. The normalized spacial score (nSPS) is 23.6. The Balaban J connectivity index is 1.62. The van der Waals surface area contributed by atoms with E-state index in [1.165, 1.54) is 13.5 Å². The molecule has 9 nitrogen and oxygen atoms in total. The number of likely N-dealkylation sites (tertiary alicyclic amines) is 1. The van der Waals surface area contributed by atoms with Crippen molar-refractivity contribution in [1.29, 1.82) is 0 Å². The summed E-state index contributed by atoms with van der Waals surface area (Å²) in [6.07, 6.45) is 2.29. The van der Waals surface area contributed by atoms with Crippen molar-refractivity contribution in [2.24, 2.45) is 10.1 Å². The van der Waals surface area contributed by atoms with Crippen LogP contribution in [0.1, 0.15) is 16.8 Å². The van der Waals surface area contributed by atoms with E-state index in [-0.39, 0.29) is 19.0 Å². The van der Waals surface area contributed by atoms with E-state index in [4.69, 9.17) is 9.68 Å². The van der Waals surface area contributed by atoms with Crippen molar-refractivity contribution < 1.29 is 19.3 Å². The van der Waals surface area contributed by atoms with Crippen molar-refractivity contribution in [3.63, 3.8) is 0 Å². The summed E-state index contributed by atoms with van der Waals surface area (Å²) in [5.74, 6) is -0.166. The van der Waals surface area contributed by atoms with Crippen LogP contribution in [0.3, 0.4) is 0 Å². The van der Waals surface area contributed by atoms with Crippen LogP contribution in [0.4, 0.5) is 0 Å². The van der Waals surface area contributed by atoms with Crippen molar-refractivity contribution >= 4 is 24.4 Å². The number of carbonyl (C=O) groups excluding carboxylic acids is 2. The molecule has 2 heterocycles. The van der Waals surface area contributed by atoms with Crippen LogP contribution in [0, 0.1) is 0 Å². The molecule has 0 bridgehead atoms. The number of carbonyl (C=O) groups is 2. The standard InChI is InChI=1S/C22H23N5O4/c1-30-25-19-11-20(22(13-23-14-28)24-15-31-26-22)27(12-19)21(29)18-9-7-17(8-10-18)16-5-3-2-4-6-16/h2-10,14-15,20,26H,11-13H2,1H3,(H,23,28)/t20-,22?/m0/s1. The molecular weight excluding hydrogens is 398 g/mol. The first kappa shape index (κ1) is 20.5. The molecule has 160 valence electrons. The Morgan fingerprint density at radius 1 is 1.29 bits per heavy atom. The fourth-order valence-electron chi connectivity index (χ4n) is 3.97. The minimum absolute atomic E-state index is 0.147. The Hall–Kier alpha value is -3.72. The van der Waals surface area contributed by atoms with Gasteiger partial charge in [-0.3, -0.25) is 9.59 Å². The molecule has 2 atom stereocenters. The van der Waals surface area contributed by atoms with Crippen LogP contribution < -0.4 is 10.8 Å². The molecule has 1 fully saturated rings. The highest BCUT2D eigenvalue weighted by molar-refractivity contribution is 6.01. The average molecular weight is 421 g/mol. The molecule has 2 N–H and O–H groups in total. The van der Waals surface area contributed by atoms with Gasteiger partial charge in [0, 0.05) is 12.0 Å². The number of nitrogens with zero attached hydrogens (tertiary/aromatic N) is 3. The SMILES string of the molecule is CON=C1C[C@@H](C2(CNC=O)N=CON2)N(C(=O)c2ccc(-c3ccccc3)cc2)C1. The third kappa shape index (κ3) is 4.13. The molecular formula is C22H23N5O4. The molecule has 2 aliphatic rings. The van der Waals surface area contributed by atoms with Crippen LogP contribution in [-0.2, 0) is 14.5 Å². The third-order valence-electron chi connectivity index (χ3n) is 5.46. The Morgan fingerprint density at radius 2 is 2.03 bits per heavy atom. The van der Waals surface area contributed by atoms with Crippen LogP contribution in [-0.4, -0.2) is 61.2 Å². The number of oxime groups is 1. The number of amides is 2. The topological polar surface area (TPSA) is 105 Å². The zero-order valence-corrected chi connectivity index (χ0v) is 17.0. The predicted octanol–water partition coefficient (Wildman–Crippen LogP) is 1.58. The lowest BCUT2D eigenvalue weighted by atomic mass is 9.97. The van der Waals surface area contributed by atoms with Gasteiger partial charge < -0.3 is 19.9 Å². The summed E-state index contributed by atoms with van der Waals surface area (Å²) in [6, 6.07) is 17.0. The van der Waals surface area contributed by atoms with Crippen LogP contribution in [0.15, 0.2) is 64.7 Å². The van der Waals surface area contributed by atoms with Gasteiger partial charge in [-0.25, -0.2) is 4.99 Å². The van der Waals surface area contributed by atoms with E-state index in [0.717, 1.165) is 11.1 Å². The third-order valence-corrected chi connectivity index (χ3v) is 5.46. The van der Waals surface area contributed by atoms with Crippen LogP contribution in [0.2, 0.25) is 0 Å². The molecule has 0 saturated carbocycles. The van der Waals surface area contributed by atoms with Gasteiger partial charge in [0.05, 0.1) is 24.8 Å². The minimum Gasteiger partial charge on any atom is -0.399 e. The summed E-state index contributed by atoms with van der Waals surface area (Å²) < 4.78 is 0. The Bertz CT molecular complexity index is 993. The maximum atomic E-state index is 13.4. The van der Waals surface area contributed by atoms with Gasteiger partial charge >= 0.3 is 0 Å². The summed E-state index contributed by atoms with van der Waals surface area (Å²) in [7, 11) is 1.47. The van der Waals surface area contributed by atoms with E-state index in [0.29, 0.717) is 24.1 Å². The zero-order valence-electron chi connectivity index (χ0n) is 17.0. The molecule has 0 radical (unpaired) electrons. The minimum atomic E-state index is -1.02. The summed E-state index contributed by atoms with van der Waals surface area (Å²) in [6.45, 7) is 0.437. The fraction of sp³-hybridized carbons (Fsp3) is 0.273. The lowest BCUT2D eigenvalue weighted by Crippen LogP contribution is -2.61. The maximum Gasteiger partial charge on any atom is 0.254 e. The number of aliphatic imine (C=N–C) groups is 1. The number of hydrogen-bond donors (Lipinski definition) is 2. The van der Waals surface area contributed by atoms with Gasteiger partial charge in [-0.1, -0.05) is 47.6 Å². The fourth-order valence-corrected chi connectivity index (χ4v) is 3.97. The molecule has 1 unspecified atom stereocenters. The van der Waals surface area contributed by atoms with Crippen LogP contribution in [0.25, 0.3) is 11.1 Å².